The van der Waals surface area contributed by atoms with Crippen LogP contribution in [0, 0.1) is 11.8 Å². The predicted octanol–water partition coefficient (Wildman–Crippen LogP) is 2.04. The van der Waals surface area contributed by atoms with Gasteiger partial charge >= 0.3 is 0 Å². The lowest BCUT2D eigenvalue weighted by atomic mass is 9.97. The van der Waals surface area contributed by atoms with Gasteiger partial charge in [0.2, 0.25) is 5.91 Å². The summed E-state index contributed by atoms with van der Waals surface area (Å²) in [6.45, 7) is 5.95. The largest absolute Gasteiger partial charge is 0.326 e. The molecular weight excluding hydrogens is 212 g/mol. The lowest BCUT2D eigenvalue weighted by Gasteiger charge is -2.16. The number of rotatable bonds is 3. The van der Waals surface area contributed by atoms with Gasteiger partial charge in [-0.05, 0) is 30.5 Å². The zero-order valence-electron chi connectivity index (χ0n) is 10.5. The van der Waals surface area contributed by atoms with E-state index in [2.05, 4.69) is 30.5 Å². The summed E-state index contributed by atoms with van der Waals surface area (Å²) in [7, 11) is 0. The molecule has 0 unspecified atom stereocenters. The van der Waals surface area contributed by atoms with Crippen molar-refractivity contribution in [1.29, 1.82) is 0 Å². The van der Waals surface area contributed by atoms with Crippen molar-refractivity contribution in [1.82, 2.24) is 5.32 Å². The summed E-state index contributed by atoms with van der Waals surface area (Å²) >= 11 is 0. The highest BCUT2D eigenvalue weighted by Crippen LogP contribution is 2.20. The van der Waals surface area contributed by atoms with E-state index in [-0.39, 0.29) is 11.8 Å². The number of carbonyl (C=O) groups is 1. The molecule has 1 heterocycles. The molecule has 0 aliphatic carbocycles. The van der Waals surface area contributed by atoms with Gasteiger partial charge in [0.05, 0.1) is 5.92 Å². The molecule has 1 aliphatic heterocycles. The van der Waals surface area contributed by atoms with Crippen LogP contribution in [0.3, 0.4) is 0 Å². The van der Waals surface area contributed by atoms with E-state index in [0.29, 0.717) is 5.92 Å². The Morgan fingerprint density at radius 3 is 2.82 bits per heavy atom. The van der Waals surface area contributed by atoms with Crippen LogP contribution in [0.1, 0.15) is 19.4 Å². The molecule has 1 fully saturated rings. The molecule has 1 saturated heterocycles. The molecule has 1 amide bonds. The summed E-state index contributed by atoms with van der Waals surface area (Å²) in [5, 5.41) is 6.31. The lowest BCUT2D eigenvalue weighted by Crippen LogP contribution is -2.28. The molecule has 3 nitrogen and oxygen atoms in total. The quantitative estimate of drug-likeness (QED) is 0.837. The van der Waals surface area contributed by atoms with Gasteiger partial charge in [-0.2, -0.15) is 0 Å². The van der Waals surface area contributed by atoms with Gasteiger partial charge in [0.1, 0.15) is 0 Å². The van der Waals surface area contributed by atoms with Crippen molar-refractivity contribution in [2.45, 2.75) is 20.3 Å². The van der Waals surface area contributed by atoms with Crippen molar-refractivity contribution < 1.29 is 4.79 Å². The first-order valence-electron chi connectivity index (χ1n) is 6.32. The second kappa shape index (κ2) is 5.32. The minimum Gasteiger partial charge on any atom is -0.326 e. The second-order valence-corrected chi connectivity index (χ2v) is 4.74. The highest BCUT2D eigenvalue weighted by atomic mass is 16.1. The highest BCUT2D eigenvalue weighted by Gasteiger charge is 2.29. The zero-order valence-corrected chi connectivity index (χ0v) is 10.5. The molecule has 1 aliphatic rings. The van der Waals surface area contributed by atoms with Crippen molar-refractivity contribution in [3.05, 3.63) is 29.8 Å². The first-order valence-corrected chi connectivity index (χ1v) is 6.32. The third kappa shape index (κ3) is 2.67. The van der Waals surface area contributed by atoms with Crippen LogP contribution >= 0.6 is 0 Å². The highest BCUT2D eigenvalue weighted by molar-refractivity contribution is 5.93. The van der Waals surface area contributed by atoms with Gasteiger partial charge < -0.3 is 10.6 Å². The molecular formula is C14H20N2O. The molecule has 92 valence electrons. The summed E-state index contributed by atoms with van der Waals surface area (Å²) in [6.07, 6.45) is 0.939. The summed E-state index contributed by atoms with van der Waals surface area (Å²) in [4.78, 5) is 12.1. The van der Waals surface area contributed by atoms with Crippen LogP contribution in [0.2, 0.25) is 0 Å². The Balaban J connectivity index is 2.07. The van der Waals surface area contributed by atoms with Crippen LogP contribution in [0.5, 0.6) is 0 Å². The van der Waals surface area contributed by atoms with Gasteiger partial charge in [-0.1, -0.05) is 32.0 Å². The summed E-state index contributed by atoms with van der Waals surface area (Å²) < 4.78 is 0. The zero-order chi connectivity index (χ0) is 12.3. The maximum atomic E-state index is 12.1. The van der Waals surface area contributed by atoms with Crippen LogP contribution in [-0.4, -0.2) is 19.0 Å². The monoisotopic (exact) mass is 232 g/mol. The molecule has 17 heavy (non-hydrogen) atoms. The minimum atomic E-state index is 0.0971. The van der Waals surface area contributed by atoms with E-state index in [1.165, 1.54) is 5.56 Å². The van der Waals surface area contributed by atoms with Gasteiger partial charge in [-0.3, -0.25) is 4.79 Å². The van der Waals surface area contributed by atoms with Crippen molar-refractivity contribution in [2.24, 2.45) is 11.8 Å². The fraction of sp³-hybridized carbons (Fsp3) is 0.500. The molecule has 1 aromatic carbocycles. The topological polar surface area (TPSA) is 41.1 Å². The minimum absolute atomic E-state index is 0.0971. The van der Waals surface area contributed by atoms with E-state index in [1.54, 1.807) is 0 Å². The predicted molar refractivity (Wildman–Crippen MR) is 70.0 cm³/mol. The number of para-hydroxylation sites is 1. The number of amides is 1. The Bertz CT molecular complexity index is 403. The van der Waals surface area contributed by atoms with Crippen molar-refractivity contribution in [3.8, 4) is 0 Å². The Labute approximate surface area is 103 Å². The molecule has 2 rings (SSSR count). The maximum absolute atomic E-state index is 12.1. The number of hydrogen-bond donors (Lipinski definition) is 2. The smallest absolute Gasteiger partial charge is 0.229 e. The summed E-state index contributed by atoms with van der Waals surface area (Å²) in [6, 6.07) is 8.01. The average Bonchev–Trinajstić information content (AvgIpc) is 2.76. The Kier molecular flexibility index (Phi) is 3.79. The van der Waals surface area contributed by atoms with Crippen LogP contribution in [0.15, 0.2) is 24.3 Å². The normalized spacial score (nSPS) is 23.6. The van der Waals surface area contributed by atoms with E-state index in [9.17, 15) is 4.79 Å². The van der Waals surface area contributed by atoms with E-state index < -0.39 is 0 Å². The van der Waals surface area contributed by atoms with E-state index >= 15 is 0 Å². The van der Waals surface area contributed by atoms with E-state index in [1.807, 2.05) is 18.2 Å². The third-order valence-corrected chi connectivity index (χ3v) is 3.51. The second-order valence-electron chi connectivity index (χ2n) is 4.74. The molecule has 1 aromatic rings. The van der Waals surface area contributed by atoms with Gasteiger partial charge in [-0.15, -0.1) is 0 Å². The first-order chi connectivity index (χ1) is 8.22. The lowest BCUT2D eigenvalue weighted by molar-refractivity contribution is -0.120. The van der Waals surface area contributed by atoms with Crippen LogP contribution in [0.25, 0.3) is 0 Å². The summed E-state index contributed by atoms with van der Waals surface area (Å²) in [5.41, 5.74) is 2.15. The van der Waals surface area contributed by atoms with Gasteiger partial charge in [0.15, 0.2) is 0 Å². The van der Waals surface area contributed by atoms with Crippen molar-refractivity contribution in [2.75, 3.05) is 18.4 Å². The number of anilines is 1. The summed E-state index contributed by atoms with van der Waals surface area (Å²) in [5.74, 6) is 0.659. The molecule has 0 saturated carbocycles. The molecule has 0 radical (unpaired) electrons. The van der Waals surface area contributed by atoms with Crippen LogP contribution in [-0.2, 0) is 11.2 Å². The van der Waals surface area contributed by atoms with Gasteiger partial charge in [0.25, 0.3) is 0 Å². The first kappa shape index (κ1) is 12.1. The number of nitrogens with one attached hydrogen (secondary N) is 2. The molecule has 0 spiro atoms. The molecule has 2 N–H and O–H groups in total. The Morgan fingerprint density at radius 2 is 2.18 bits per heavy atom. The fourth-order valence-electron chi connectivity index (χ4n) is 2.34. The average molecular weight is 232 g/mol. The molecule has 3 heteroatoms. The standard InChI is InChI=1S/C14H20N2O/c1-3-11-6-4-5-7-13(11)16-14(17)12-9-15-8-10(12)2/h4-7,10,12,15H,3,8-9H2,1-2H3,(H,16,17)/t10-,12-/m1/s1. The molecule has 2 atom stereocenters. The Hall–Kier alpha value is -1.35. The third-order valence-electron chi connectivity index (χ3n) is 3.51. The Morgan fingerprint density at radius 1 is 1.41 bits per heavy atom. The number of aryl methyl sites for hydroxylation is 1. The van der Waals surface area contributed by atoms with Gasteiger partial charge in [0, 0.05) is 12.2 Å². The molecule has 0 bridgehead atoms. The van der Waals surface area contributed by atoms with Crippen molar-refractivity contribution in [3.63, 3.8) is 0 Å². The molecule has 0 aromatic heterocycles. The van der Waals surface area contributed by atoms with Crippen molar-refractivity contribution >= 4 is 11.6 Å². The van der Waals surface area contributed by atoms with Crippen LogP contribution in [0.4, 0.5) is 5.69 Å². The van der Waals surface area contributed by atoms with E-state index in [4.69, 9.17) is 0 Å². The number of carbonyl (C=O) groups excluding carboxylic acids is 1. The SMILES string of the molecule is CCc1ccccc1NC(=O)[C@@H]1CNC[C@H]1C. The van der Waals surface area contributed by atoms with Crippen LogP contribution < -0.4 is 10.6 Å². The van der Waals surface area contributed by atoms with Gasteiger partial charge in [-0.25, -0.2) is 0 Å². The number of benzene rings is 1. The van der Waals surface area contributed by atoms with E-state index in [0.717, 1.165) is 25.2 Å². The number of hydrogen-bond acceptors (Lipinski definition) is 2. The fourth-order valence-corrected chi connectivity index (χ4v) is 2.34. The maximum Gasteiger partial charge on any atom is 0.229 e.